The SMILES string of the molecule is COc1cc(N2CCC(N3CCNCC3)C2)ccc1[N+](=O)[O-]. The highest BCUT2D eigenvalue weighted by molar-refractivity contribution is 5.59. The third kappa shape index (κ3) is 3.00. The maximum absolute atomic E-state index is 11.0. The van der Waals surface area contributed by atoms with Crippen molar-refractivity contribution < 1.29 is 9.66 Å². The molecule has 0 amide bonds. The normalized spacial score (nSPS) is 22.8. The standard InChI is InChI=1S/C15H22N4O3/c1-22-15-10-12(2-3-14(15)19(20)21)18-7-4-13(11-18)17-8-5-16-6-9-17/h2-3,10,13,16H,4-9,11H2,1H3. The van der Waals surface area contributed by atoms with Crippen molar-refractivity contribution in [1.29, 1.82) is 0 Å². The van der Waals surface area contributed by atoms with E-state index < -0.39 is 4.92 Å². The van der Waals surface area contributed by atoms with Crippen molar-refractivity contribution >= 4 is 11.4 Å². The third-order valence-electron chi connectivity index (χ3n) is 4.56. The molecule has 1 atom stereocenters. The fourth-order valence-corrected chi connectivity index (χ4v) is 3.34. The van der Waals surface area contributed by atoms with Gasteiger partial charge in [-0.3, -0.25) is 15.0 Å². The number of rotatable bonds is 4. The van der Waals surface area contributed by atoms with E-state index in [1.807, 2.05) is 6.07 Å². The number of methoxy groups -OCH3 is 1. The van der Waals surface area contributed by atoms with Crippen LogP contribution in [0.1, 0.15) is 6.42 Å². The first-order valence-electron chi connectivity index (χ1n) is 7.71. The first kappa shape index (κ1) is 15.1. The van der Waals surface area contributed by atoms with E-state index in [1.54, 1.807) is 6.07 Å². The van der Waals surface area contributed by atoms with Gasteiger partial charge in [0, 0.05) is 63.1 Å². The van der Waals surface area contributed by atoms with Gasteiger partial charge in [-0.05, 0) is 12.5 Å². The van der Waals surface area contributed by atoms with Crippen LogP contribution in [0.25, 0.3) is 0 Å². The van der Waals surface area contributed by atoms with E-state index in [0.29, 0.717) is 11.8 Å². The molecular formula is C15H22N4O3. The average molecular weight is 306 g/mol. The summed E-state index contributed by atoms with van der Waals surface area (Å²) in [6, 6.07) is 5.70. The summed E-state index contributed by atoms with van der Waals surface area (Å²) in [5.41, 5.74) is 1.02. The minimum Gasteiger partial charge on any atom is -0.490 e. The van der Waals surface area contributed by atoms with Gasteiger partial charge in [0.2, 0.25) is 0 Å². The van der Waals surface area contributed by atoms with Gasteiger partial charge < -0.3 is 15.0 Å². The predicted molar refractivity (Wildman–Crippen MR) is 84.7 cm³/mol. The fourth-order valence-electron chi connectivity index (χ4n) is 3.34. The quantitative estimate of drug-likeness (QED) is 0.663. The van der Waals surface area contributed by atoms with Gasteiger partial charge in [0.25, 0.3) is 0 Å². The van der Waals surface area contributed by atoms with E-state index in [1.165, 1.54) is 13.2 Å². The zero-order valence-electron chi connectivity index (χ0n) is 12.8. The van der Waals surface area contributed by atoms with Gasteiger partial charge >= 0.3 is 5.69 Å². The number of ether oxygens (including phenoxy) is 1. The van der Waals surface area contributed by atoms with Crippen LogP contribution in [0.5, 0.6) is 5.75 Å². The van der Waals surface area contributed by atoms with Gasteiger partial charge in [0.05, 0.1) is 12.0 Å². The number of nitrogens with zero attached hydrogens (tertiary/aromatic N) is 3. The number of anilines is 1. The Bertz CT molecular complexity index is 546. The molecule has 120 valence electrons. The minimum atomic E-state index is -0.407. The molecule has 1 N–H and O–H groups in total. The van der Waals surface area contributed by atoms with E-state index in [0.717, 1.165) is 51.4 Å². The van der Waals surface area contributed by atoms with Gasteiger partial charge in [-0.2, -0.15) is 0 Å². The highest BCUT2D eigenvalue weighted by Crippen LogP contribution is 2.33. The Kier molecular flexibility index (Phi) is 4.44. The van der Waals surface area contributed by atoms with Crippen molar-refractivity contribution in [3.8, 4) is 5.75 Å². The molecule has 2 heterocycles. The number of nitrogens with one attached hydrogen (secondary N) is 1. The maximum Gasteiger partial charge on any atom is 0.311 e. The second-order valence-corrected chi connectivity index (χ2v) is 5.79. The van der Waals surface area contributed by atoms with Gasteiger partial charge in [-0.25, -0.2) is 0 Å². The molecule has 1 aromatic rings. The second kappa shape index (κ2) is 6.50. The van der Waals surface area contributed by atoms with Gasteiger partial charge in [0.15, 0.2) is 5.75 Å². The summed E-state index contributed by atoms with van der Waals surface area (Å²) >= 11 is 0. The average Bonchev–Trinajstić information content (AvgIpc) is 3.05. The monoisotopic (exact) mass is 306 g/mol. The molecule has 0 saturated carbocycles. The van der Waals surface area contributed by atoms with Crippen LogP contribution < -0.4 is 15.0 Å². The highest BCUT2D eigenvalue weighted by atomic mass is 16.6. The molecule has 7 nitrogen and oxygen atoms in total. The summed E-state index contributed by atoms with van der Waals surface area (Å²) < 4.78 is 5.16. The lowest BCUT2D eigenvalue weighted by atomic mass is 10.2. The van der Waals surface area contributed by atoms with Crippen LogP contribution in [0.15, 0.2) is 18.2 Å². The molecule has 2 aliphatic rings. The van der Waals surface area contributed by atoms with Crippen LogP contribution in [0.4, 0.5) is 11.4 Å². The zero-order chi connectivity index (χ0) is 15.5. The fraction of sp³-hybridized carbons (Fsp3) is 0.600. The van der Waals surface area contributed by atoms with Crippen molar-refractivity contribution in [2.24, 2.45) is 0 Å². The van der Waals surface area contributed by atoms with Crippen LogP contribution in [-0.2, 0) is 0 Å². The number of hydrogen-bond acceptors (Lipinski definition) is 6. The molecule has 1 unspecified atom stereocenters. The Balaban J connectivity index is 1.71. The number of benzene rings is 1. The van der Waals surface area contributed by atoms with Gasteiger partial charge in [0.1, 0.15) is 0 Å². The van der Waals surface area contributed by atoms with E-state index in [-0.39, 0.29) is 5.69 Å². The molecule has 0 radical (unpaired) electrons. The molecular weight excluding hydrogens is 284 g/mol. The molecule has 2 saturated heterocycles. The lowest BCUT2D eigenvalue weighted by Crippen LogP contribution is -2.49. The molecule has 2 aliphatic heterocycles. The molecule has 7 heteroatoms. The summed E-state index contributed by atoms with van der Waals surface area (Å²) in [7, 11) is 1.47. The van der Waals surface area contributed by atoms with Crippen molar-refractivity contribution in [3.63, 3.8) is 0 Å². The summed E-state index contributed by atoms with van der Waals surface area (Å²) in [4.78, 5) is 15.4. The minimum absolute atomic E-state index is 0.0177. The molecule has 0 aliphatic carbocycles. The summed E-state index contributed by atoms with van der Waals surface area (Å²) in [5, 5.41) is 14.3. The highest BCUT2D eigenvalue weighted by Gasteiger charge is 2.29. The molecule has 22 heavy (non-hydrogen) atoms. The van der Waals surface area contributed by atoms with E-state index in [2.05, 4.69) is 15.1 Å². The lowest BCUT2D eigenvalue weighted by Gasteiger charge is -2.32. The van der Waals surface area contributed by atoms with Crippen LogP contribution in [0, 0.1) is 10.1 Å². The topological polar surface area (TPSA) is 70.9 Å². The van der Waals surface area contributed by atoms with E-state index in [9.17, 15) is 10.1 Å². The molecule has 0 bridgehead atoms. The van der Waals surface area contributed by atoms with Gasteiger partial charge in [-0.1, -0.05) is 0 Å². The molecule has 0 spiro atoms. The Morgan fingerprint density at radius 3 is 2.77 bits per heavy atom. The number of piperazine rings is 1. The van der Waals surface area contributed by atoms with E-state index >= 15 is 0 Å². The maximum atomic E-state index is 11.0. The van der Waals surface area contributed by atoms with Gasteiger partial charge in [-0.15, -0.1) is 0 Å². The third-order valence-corrected chi connectivity index (χ3v) is 4.56. The second-order valence-electron chi connectivity index (χ2n) is 5.79. The molecule has 3 rings (SSSR count). The van der Waals surface area contributed by atoms with Crippen LogP contribution in [0.2, 0.25) is 0 Å². The Morgan fingerprint density at radius 1 is 1.32 bits per heavy atom. The Hall–Kier alpha value is -1.86. The largest absolute Gasteiger partial charge is 0.490 e. The first-order valence-corrected chi connectivity index (χ1v) is 7.71. The lowest BCUT2D eigenvalue weighted by molar-refractivity contribution is -0.385. The summed E-state index contributed by atoms with van der Waals surface area (Å²) in [6.07, 6.45) is 1.14. The zero-order valence-corrected chi connectivity index (χ0v) is 12.8. The number of hydrogen-bond donors (Lipinski definition) is 1. The van der Waals surface area contributed by atoms with Crippen LogP contribution in [-0.4, -0.2) is 62.2 Å². The molecule has 0 aromatic heterocycles. The van der Waals surface area contributed by atoms with Crippen molar-refractivity contribution in [3.05, 3.63) is 28.3 Å². The summed E-state index contributed by atoms with van der Waals surface area (Å²) in [5.74, 6) is 0.327. The van der Waals surface area contributed by atoms with Crippen molar-refractivity contribution in [2.45, 2.75) is 12.5 Å². The van der Waals surface area contributed by atoms with Crippen molar-refractivity contribution in [1.82, 2.24) is 10.2 Å². The number of nitro groups is 1. The smallest absolute Gasteiger partial charge is 0.311 e. The Labute approximate surface area is 130 Å². The molecule has 2 fully saturated rings. The van der Waals surface area contributed by atoms with Crippen LogP contribution >= 0.6 is 0 Å². The van der Waals surface area contributed by atoms with E-state index in [4.69, 9.17) is 4.74 Å². The first-order chi connectivity index (χ1) is 10.7. The molecule has 1 aromatic carbocycles. The Morgan fingerprint density at radius 2 is 2.09 bits per heavy atom. The number of nitro benzene ring substituents is 1. The summed E-state index contributed by atoms with van der Waals surface area (Å²) in [6.45, 7) is 6.27. The van der Waals surface area contributed by atoms with Crippen molar-refractivity contribution in [2.75, 3.05) is 51.3 Å². The van der Waals surface area contributed by atoms with Crippen LogP contribution in [0.3, 0.4) is 0 Å². The predicted octanol–water partition coefficient (Wildman–Crippen LogP) is 1.09.